The molecule has 8 heteroatoms. The van der Waals surface area contributed by atoms with Gasteiger partial charge >= 0.3 is 5.97 Å². The Hall–Kier alpha value is -2.49. The van der Waals surface area contributed by atoms with Crippen molar-refractivity contribution in [2.45, 2.75) is 50.0 Å². The number of ether oxygens (including phenoxy) is 3. The average molecular weight is 432 g/mol. The minimum absolute atomic E-state index is 0.0265. The van der Waals surface area contributed by atoms with Crippen molar-refractivity contribution in [3.05, 3.63) is 65.7 Å². The van der Waals surface area contributed by atoms with Crippen LogP contribution in [0.3, 0.4) is 0 Å². The summed E-state index contributed by atoms with van der Waals surface area (Å²) in [5.41, 5.74) is -0.378. The molecule has 31 heavy (non-hydrogen) atoms. The zero-order chi connectivity index (χ0) is 22.4. The molecule has 0 saturated carbocycles. The van der Waals surface area contributed by atoms with Gasteiger partial charge in [0.25, 0.3) is 0 Å². The lowest BCUT2D eigenvalue weighted by Crippen LogP contribution is -2.69. The first kappa shape index (κ1) is 23.2. The predicted octanol–water partition coefficient (Wildman–Crippen LogP) is 0.584. The lowest BCUT2D eigenvalue weighted by Gasteiger charge is -2.47. The summed E-state index contributed by atoms with van der Waals surface area (Å²) >= 11 is 0. The molecule has 1 aliphatic rings. The Morgan fingerprint density at radius 1 is 1.06 bits per heavy atom. The van der Waals surface area contributed by atoms with Crippen LogP contribution in [0.15, 0.2) is 54.6 Å². The smallest absolute Gasteiger partial charge is 0.302 e. The molecule has 0 radical (unpaired) electrons. The molecule has 2 aromatic carbocycles. The first-order valence-electron chi connectivity index (χ1n) is 10.1. The Morgan fingerprint density at radius 2 is 1.71 bits per heavy atom. The molecule has 1 saturated heterocycles. The van der Waals surface area contributed by atoms with Gasteiger partial charge in [0.1, 0.15) is 30.7 Å². The Morgan fingerprint density at radius 3 is 2.32 bits per heavy atom. The van der Waals surface area contributed by atoms with Crippen molar-refractivity contribution in [2.75, 3.05) is 13.2 Å². The lowest BCUT2D eigenvalue weighted by atomic mass is 9.81. The average Bonchev–Trinajstić information content (AvgIpc) is 2.76. The molecular formula is C23H28O8. The summed E-state index contributed by atoms with van der Waals surface area (Å²) < 4.78 is 16.6. The maximum atomic E-state index is 11.4. The van der Waals surface area contributed by atoms with E-state index in [0.717, 1.165) is 5.56 Å². The number of hydrogen-bond acceptors (Lipinski definition) is 8. The van der Waals surface area contributed by atoms with Gasteiger partial charge in [-0.05, 0) is 29.7 Å². The first-order valence-corrected chi connectivity index (χ1v) is 10.1. The monoisotopic (exact) mass is 432 g/mol. The molecule has 1 aliphatic heterocycles. The molecule has 0 bridgehead atoms. The zero-order valence-corrected chi connectivity index (χ0v) is 17.3. The van der Waals surface area contributed by atoms with E-state index in [1.807, 2.05) is 12.1 Å². The van der Waals surface area contributed by atoms with Crippen LogP contribution in [0.4, 0.5) is 0 Å². The maximum absolute atomic E-state index is 11.4. The molecule has 0 aliphatic carbocycles. The quantitative estimate of drug-likeness (QED) is 0.447. The fraction of sp³-hybridized carbons (Fsp3) is 0.435. The fourth-order valence-corrected chi connectivity index (χ4v) is 3.55. The van der Waals surface area contributed by atoms with E-state index in [1.54, 1.807) is 42.5 Å². The van der Waals surface area contributed by atoms with Gasteiger partial charge in [0.05, 0.1) is 0 Å². The van der Waals surface area contributed by atoms with Crippen molar-refractivity contribution in [1.82, 2.24) is 0 Å². The Bertz CT molecular complexity index is 840. The summed E-state index contributed by atoms with van der Waals surface area (Å²) in [6.45, 7) is 0.952. The van der Waals surface area contributed by atoms with Crippen molar-refractivity contribution in [1.29, 1.82) is 0 Å². The van der Waals surface area contributed by atoms with E-state index in [9.17, 15) is 20.1 Å². The van der Waals surface area contributed by atoms with Crippen LogP contribution in [0.2, 0.25) is 0 Å². The Kier molecular flexibility index (Phi) is 7.64. The summed E-state index contributed by atoms with van der Waals surface area (Å²) in [6.07, 6.45) is -5.12. The number of carbonyl (C=O) groups excluding carboxylic acids is 1. The predicted molar refractivity (Wildman–Crippen MR) is 110 cm³/mol. The van der Waals surface area contributed by atoms with Crippen LogP contribution < -0.4 is 4.74 Å². The van der Waals surface area contributed by atoms with Crippen molar-refractivity contribution in [2.24, 2.45) is 0 Å². The highest BCUT2D eigenvalue weighted by Gasteiger charge is 2.56. The molecule has 1 heterocycles. The highest BCUT2D eigenvalue weighted by Crippen LogP contribution is 2.35. The SMILES string of the molecule is CC(=O)OC[C@H]1O[C@@H](Oc2ccccc2)[C@@](O)(Cc2ccc(CCO)cc2)[C@@H](O)[C@@H]1O. The second-order valence-electron chi connectivity index (χ2n) is 7.63. The van der Waals surface area contributed by atoms with Gasteiger partial charge in [0.2, 0.25) is 6.29 Å². The van der Waals surface area contributed by atoms with Crippen LogP contribution in [-0.2, 0) is 27.1 Å². The molecule has 0 unspecified atom stereocenters. The van der Waals surface area contributed by atoms with Gasteiger partial charge < -0.3 is 34.6 Å². The minimum Gasteiger partial charge on any atom is -0.463 e. The molecule has 8 nitrogen and oxygen atoms in total. The third kappa shape index (κ3) is 5.61. The number of rotatable bonds is 8. The van der Waals surface area contributed by atoms with E-state index in [2.05, 4.69) is 0 Å². The number of aliphatic hydroxyl groups is 4. The second kappa shape index (κ2) is 10.2. The number of para-hydroxylation sites is 1. The first-order chi connectivity index (χ1) is 14.8. The van der Waals surface area contributed by atoms with Gasteiger partial charge in [-0.2, -0.15) is 0 Å². The van der Waals surface area contributed by atoms with E-state index in [1.165, 1.54) is 6.92 Å². The highest BCUT2D eigenvalue weighted by atomic mass is 16.7. The van der Waals surface area contributed by atoms with Crippen molar-refractivity contribution >= 4 is 5.97 Å². The minimum atomic E-state index is -1.99. The normalized spacial score (nSPS) is 28.2. The zero-order valence-electron chi connectivity index (χ0n) is 17.3. The van der Waals surface area contributed by atoms with E-state index in [-0.39, 0.29) is 19.6 Å². The van der Waals surface area contributed by atoms with Gasteiger partial charge in [0, 0.05) is 20.0 Å². The highest BCUT2D eigenvalue weighted by molar-refractivity contribution is 5.65. The molecule has 168 valence electrons. The summed E-state index contributed by atoms with van der Waals surface area (Å²) in [5.74, 6) is -0.159. The third-order valence-corrected chi connectivity index (χ3v) is 5.27. The molecule has 0 amide bonds. The van der Waals surface area contributed by atoms with Gasteiger partial charge in [-0.15, -0.1) is 0 Å². The number of aliphatic hydroxyl groups excluding tert-OH is 3. The largest absolute Gasteiger partial charge is 0.463 e. The molecule has 2 aromatic rings. The van der Waals surface area contributed by atoms with Crippen LogP contribution in [0, 0.1) is 0 Å². The van der Waals surface area contributed by atoms with Crippen molar-refractivity contribution in [3.8, 4) is 5.75 Å². The molecule has 4 N–H and O–H groups in total. The summed E-state index contributed by atoms with van der Waals surface area (Å²) in [5, 5.41) is 41.9. The molecule has 1 fully saturated rings. The van der Waals surface area contributed by atoms with Crippen molar-refractivity contribution < 1.29 is 39.4 Å². The van der Waals surface area contributed by atoms with Crippen molar-refractivity contribution in [3.63, 3.8) is 0 Å². The van der Waals surface area contributed by atoms with Gasteiger partial charge in [-0.1, -0.05) is 42.5 Å². The third-order valence-electron chi connectivity index (χ3n) is 5.27. The Balaban J connectivity index is 1.86. The van der Waals surface area contributed by atoms with Gasteiger partial charge in [-0.3, -0.25) is 4.79 Å². The molecule has 3 rings (SSSR count). The fourth-order valence-electron chi connectivity index (χ4n) is 3.55. The molecule has 0 aromatic heterocycles. The lowest BCUT2D eigenvalue weighted by molar-refractivity contribution is -0.320. The standard InChI is InChI=1S/C23H28O8/c1-15(25)29-14-19-20(26)21(27)23(28,13-17-9-7-16(8-10-17)11-12-24)22(31-19)30-18-5-3-2-4-6-18/h2-10,19-22,24,26-28H,11-14H2,1H3/t19-,20-,21+,22-,23-/m1/s1. The van der Waals surface area contributed by atoms with E-state index >= 15 is 0 Å². The molecule has 5 atom stereocenters. The van der Waals surface area contributed by atoms with Crippen LogP contribution in [-0.4, -0.2) is 69.8 Å². The van der Waals surface area contributed by atoms with E-state index in [4.69, 9.17) is 19.3 Å². The summed E-state index contributed by atoms with van der Waals surface area (Å²) in [4.78, 5) is 11.2. The summed E-state index contributed by atoms with van der Waals surface area (Å²) in [6, 6.07) is 15.8. The van der Waals surface area contributed by atoms with Gasteiger partial charge in [-0.25, -0.2) is 0 Å². The number of carbonyl (C=O) groups is 1. The molecular weight excluding hydrogens is 404 g/mol. The van der Waals surface area contributed by atoms with Gasteiger partial charge in [0.15, 0.2) is 5.60 Å². The van der Waals surface area contributed by atoms with E-state index < -0.39 is 36.2 Å². The van der Waals surface area contributed by atoms with Crippen LogP contribution in [0.25, 0.3) is 0 Å². The Labute approximate surface area is 180 Å². The van der Waals surface area contributed by atoms with Crippen LogP contribution in [0.5, 0.6) is 5.75 Å². The number of esters is 1. The number of hydrogen-bond donors (Lipinski definition) is 4. The number of benzene rings is 2. The molecule has 0 spiro atoms. The van der Waals surface area contributed by atoms with Crippen LogP contribution >= 0.6 is 0 Å². The topological polar surface area (TPSA) is 126 Å². The second-order valence-corrected chi connectivity index (χ2v) is 7.63. The van der Waals surface area contributed by atoms with Crippen LogP contribution in [0.1, 0.15) is 18.1 Å². The van der Waals surface area contributed by atoms with E-state index in [0.29, 0.717) is 17.7 Å². The summed E-state index contributed by atoms with van der Waals surface area (Å²) in [7, 11) is 0. The maximum Gasteiger partial charge on any atom is 0.302 e.